The first-order valence-electron chi connectivity index (χ1n) is 5.20. The molecule has 0 aromatic carbocycles. The summed E-state index contributed by atoms with van der Waals surface area (Å²) in [5.74, 6) is 0.477. The second-order valence-electron chi connectivity index (χ2n) is 4.80. The van der Waals surface area contributed by atoms with E-state index in [2.05, 4.69) is 46.2 Å². The lowest BCUT2D eigenvalue weighted by atomic mass is 9.85. The molecule has 0 radical (unpaired) electrons. The summed E-state index contributed by atoms with van der Waals surface area (Å²) < 4.78 is 0. The molecule has 0 aliphatic heterocycles. The van der Waals surface area contributed by atoms with Crippen LogP contribution in [0.2, 0.25) is 0 Å². The van der Waals surface area contributed by atoms with Crippen molar-refractivity contribution >= 4 is 6.21 Å². The molecule has 0 aliphatic carbocycles. The highest BCUT2D eigenvalue weighted by Gasteiger charge is 2.20. The predicted molar refractivity (Wildman–Crippen MR) is 65.7 cm³/mol. The van der Waals surface area contributed by atoms with E-state index in [-0.39, 0.29) is 5.41 Å². The predicted octanol–water partition coefficient (Wildman–Crippen LogP) is 4.22. The van der Waals surface area contributed by atoms with Crippen LogP contribution in [0.15, 0.2) is 28.9 Å². The third-order valence-electron chi connectivity index (χ3n) is 2.08. The Balaban J connectivity index is 5.44. The lowest BCUT2D eigenvalue weighted by Crippen LogP contribution is -2.12. The number of nitrogens with zero attached hydrogens (tertiary/aromatic N) is 1. The molecule has 0 aromatic rings. The van der Waals surface area contributed by atoms with Crippen LogP contribution in [0.1, 0.15) is 41.5 Å². The van der Waals surface area contributed by atoms with Crippen LogP contribution in [0.25, 0.3) is 0 Å². The Hall–Kier alpha value is -0.850. The highest BCUT2D eigenvalue weighted by atomic mass is 14.8. The molecule has 0 bridgehead atoms. The van der Waals surface area contributed by atoms with Crippen molar-refractivity contribution in [1.82, 2.24) is 0 Å². The molecule has 0 rings (SSSR count). The van der Waals surface area contributed by atoms with E-state index in [1.165, 1.54) is 5.57 Å². The molecule has 0 fully saturated rings. The summed E-state index contributed by atoms with van der Waals surface area (Å²) in [6, 6.07) is 0. The Labute approximate surface area is 88.6 Å². The van der Waals surface area contributed by atoms with Crippen molar-refractivity contribution < 1.29 is 0 Å². The number of aliphatic imine (C=N–C) groups is 1. The van der Waals surface area contributed by atoms with Gasteiger partial charge >= 0.3 is 0 Å². The number of allylic oxidation sites excluding steroid dienone is 3. The Kier molecular flexibility index (Phi) is 4.82. The van der Waals surface area contributed by atoms with Gasteiger partial charge < -0.3 is 0 Å². The van der Waals surface area contributed by atoms with Crippen molar-refractivity contribution in [2.45, 2.75) is 41.5 Å². The minimum Gasteiger partial charge on any atom is -0.265 e. The fraction of sp³-hybridized carbons (Fsp3) is 0.615. The summed E-state index contributed by atoms with van der Waals surface area (Å²) in [5, 5.41) is 0. The highest BCUT2D eigenvalue weighted by molar-refractivity contribution is 5.56. The van der Waals surface area contributed by atoms with Crippen LogP contribution in [0.5, 0.6) is 0 Å². The standard InChI is InChI=1S/C13H23N/c1-8-11(10(3)4)12(14-9-2)13(5,6)7/h8-10H,1H2,2-7H3/b12-11+,14-9?. The third kappa shape index (κ3) is 3.49. The molecule has 0 saturated heterocycles. The molecule has 0 unspecified atom stereocenters. The molecule has 0 heterocycles. The maximum absolute atomic E-state index is 4.47. The molecular weight excluding hydrogens is 170 g/mol. The summed E-state index contributed by atoms with van der Waals surface area (Å²) in [6.45, 7) is 16.7. The third-order valence-corrected chi connectivity index (χ3v) is 2.08. The van der Waals surface area contributed by atoms with Crippen LogP contribution in [0, 0.1) is 11.3 Å². The topological polar surface area (TPSA) is 12.4 Å². The van der Waals surface area contributed by atoms with E-state index in [0.29, 0.717) is 5.92 Å². The van der Waals surface area contributed by atoms with Crippen LogP contribution >= 0.6 is 0 Å². The van der Waals surface area contributed by atoms with Crippen molar-refractivity contribution in [2.75, 3.05) is 0 Å². The minimum absolute atomic E-state index is 0.0836. The van der Waals surface area contributed by atoms with Crippen molar-refractivity contribution in [3.8, 4) is 0 Å². The van der Waals surface area contributed by atoms with E-state index in [0.717, 1.165) is 5.70 Å². The molecule has 0 atom stereocenters. The smallest absolute Gasteiger partial charge is 0.0487 e. The molecule has 0 N–H and O–H groups in total. The second kappa shape index (κ2) is 5.14. The van der Waals surface area contributed by atoms with E-state index in [4.69, 9.17) is 0 Å². The van der Waals surface area contributed by atoms with Crippen molar-refractivity contribution in [3.05, 3.63) is 23.9 Å². The Morgan fingerprint density at radius 3 is 2.00 bits per heavy atom. The van der Waals surface area contributed by atoms with Gasteiger partial charge in [0.1, 0.15) is 0 Å². The Morgan fingerprint density at radius 1 is 1.29 bits per heavy atom. The Morgan fingerprint density at radius 2 is 1.79 bits per heavy atom. The zero-order chi connectivity index (χ0) is 11.4. The fourth-order valence-corrected chi connectivity index (χ4v) is 1.44. The molecule has 0 aromatic heterocycles. The van der Waals surface area contributed by atoms with Gasteiger partial charge in [0, 0.05) is 17.3 Å². The van der Waals surface area contributed by atoms with Crippen molar-refractivity contribution in [1.29, 1.82) is 0 Å². The van der Waals surface area contributed by atoms with Gasteiger partial charge in [0.15, 0.2) is 0 Å². The summed E-state index contributed by atoms with van der Waals surface area (Å²) in [4.78, 5) is 4.47. The van der Waals surface area contributed by atoms with Crippen LogP contribution in [0.3, 0.4) is 0 Å². The van der Waals surface area contributed by atoms with Gasteiger partial charge in [-0.25, -0.2) is 0 Å². The number of hydrogen-bond donors (Lipinski definition) is 0. The van der Waals surface area contributed by atoms with Crippen LogP contribution in [0.4, 0.5) is 0 Å². The summed E-state index contributed by atoms with van der Waals surface area (Å²) in [5.41, 5.74) is 2.47. The van der Waals surface area contributed by atoms with E-state index in [9.17, 15) is 0 Å². The molecule has 0 saturated carbocycles. The largest absolute Gasteiger partial charge is 0.265 e. The van der Waals surface area contributed by atoms with Gasteiger partial charge in [0.2, 0.25) is 0 Å². The summed E-state index contributed by atoms with van der Waals surface area (Å²) in [6.07, 6.45) is 3.78. The summed E-state index contributed by atoms with van der Waals surface area (Å²) in [7, 11) is 0. The van der Waals surface area contributed by atoms with Crippen LogP contribution < -0.4 is 0 Å². The first-order chi connectivity index (χ1) is 6.34. The maximum Gasteiger partial charge on any atom is 0.0487 e. The fourth-order valence-electron chi connectivity index (χ4n) is 1.44. The number of hydrogen-bond acceptors (Lipinski definition) is 1. The van der Waals surface area contributed by atoms with Crippen molar-refractivity contribution in [3.63, 3.8) is 0 Å². The van der Waals surface area contributed by atoms with Gasteiger partial charge in [-0.05, 0) is 18.4 Å². The Bertz CT molecular complexity index is 249. The SMILES string of the molecule is C=C/C(=C(\N=CC)C(C)(C)C)C(C)C. The monoisotopic (exact) mass is 193 g/mol. The van der Waals surface area contributed by atoms with Gasteiger partial charge in [-0.1, -0.05) is 47.3 Å². The first kappa shape index (κ1) is 13.2. The average molecular weight is 193 g/mol. The van der Waals surface area contributed by atoms with Gasteiger partial charge in [-0.15, -0.1) is 0 Å². The lowest BCUT2D eigenvalue weighted by Gasteiger charge is -2.24. The molecule has 1 heteroatoms. The zero-order valence-electron chi connectivity index (χ0n) is 10.4. The van der Waals surface area contributed by atoms with Crippen molar-refractivity contribution in [2.24, 2.45) is 16.3 Å². The number of rotatable bonds is 3. The van der Waals surface area contributed by atoms with Gasteiger partial charge in [0.25, 0.3) is 0 Å². The summed E-state index contributed by atoms with van der Waals surface area (Å²) >= 11 is 0. The van der Waals surface area contributed by atoms with Crippen LogP contribution in [-0.2, 0) is 0 Å². The minimum atomic E-state index is 0.0836. The quantitative estimate of drug-likeness (QED) is 0.470. The molecule has 80 valence electrons. The molecular formula is C13H23N. The normalized spacial score (nSPS) is 14.8. The lowest BCUT2D eigenvalue weighted by molar-refractivity contribution is 0.487. The highest BCUT2D eigenvalue weighted by Crippen LogP contribution is 2.32. The van der Waals surface area contributed by atoms with Gasteiger partial charge in [0.05, 0.1) is 0 Å². The molecule has 14 heavy (non-hydrogen) atoms. The van der Waals surface area contributed by atoms with Crippen LogP contribution in [-0.4, -0.2) is 6.21 Å². The molecule has 0 aliphatic rings. The molecule has 0 amide bonds. The first-order valence-corrected chi connectivity index (χ1v) is 5.20. The molecule has 0 spiro atoms. The van der Waals surface area contributed by atoms with E-state index in [1.807, 2.05) is 19.2 Å². The molecule has 1 nitrogen and oxygen atoms in total. The zero-order valence-corrected chi connectivity index (χ0v) is 10.4. The van der Waals surface area contributed by atoms with E-state index < -0.39 is 0 Å². The van der Waals surface area contributed by atoms with E-state index >= 15 is 0 Å². The van der Waals surface area contributed by atoms with E-state index in [1.54, 1.807) is 0 Å². The van der Waals surface area contributed by atoms with Gasteiger partial charge in [-0.2, -0.15) is 0 Å². The maximum atomic E-state index is 4.47. The second-order valence-corrected chi connectivity index (χ2v) is 4.80. The average Bonchev–Trinajstić information content (AvgIpc) is 2.02. The van der Waals surface area contributed by atoms with Gasteiger partial charge in [-0.3, -0.25) is 4.99 Å².